The summed E-state index contributed by atoms with van der Waals surface area (Å²) in [4.78, 5) is 24.0. The van der Waals surface area contributed by atoms with E-state index >= 15 is 0 Å². The number of rotatable bonds is 4. The van der Waals surface area contributed by atoms with E-state index in [-0.39, 0.29) is 11.6 Å². The average molecular weight is 404 g/mol. The molecule has 0 bridgehead atoms. The molecule has 26 heavy (non-hydrogen) atoms. The summed E-state index contributed by atoms with van der Waals surface area (Å²) in [5.41, 5.74) is 0.789. The maximum Gasteiger partial charge on any atom is 0.266 e. The van der Waals surface area contributed by atoms with Gasteiger partial charge in [-0.15, -0.1) is 0 Å². The Hall–Kier alpha value is -1.50. The summed E-state index contributed by atoms with van der Waals surface area (Å²) >= 11 is 8.93. The Bertz CT molecular complexity index is 998. The van der Waals surface area contributed by atoms with Gasteiger partial charge >= 0.3 is 0 Å². The topological polar surface area (TPSA) is 47.8 Å². The Morgan fingerprint density at radius 1 is 1.19 bits per heavy atom. The van der Waals surface area contributed by atoms with Crippen LogP contribution in [-0.2, 0) is 0 Å². The molecule has 1 aromatic carbocycles. The van der Waals surface area contributed by atoms with Gasteiger partial charge in [-0.3, -0.25) is 9.36 Å². The van der Waals surface area contributed by atoms with Crippen LogP contribution < -0.4 is 5.56 Å². The highest BCUT2D eigenvalue weighted by molar-refractivity contribution is 7.99. The molecule has 0 unspecified atom stereocenters. The molecule has 1 aliphatic carbocycles. The number of aromatic nitrogens is 3. The van der Waals surface area contributed by atoms with E-state index < -0.39 is 0 Å². The predicted molar refractivity (Wildman–Crippen MR) is 109 cm³/mol. The average Bonchev–Trinajstić information content (AvgIpc) is 3.18. The van der Waals surface area contributed by atoms with Crippen LogP contribution in [0.3, 0.4) is 0 Å². The van der Waals surface area contributed by atoms with Gasteiger partial charge in [-0.1, -0.05) is 48.0 Å². The molecule has 4 nitrogen and oxygen atoms in total. The van der Waals surface area contributed by atoms with Crippen molar-refractivity contribution in [3.8, 4) is 0 Å². The molecule has 0 radical (unpaired) electrons. The van der Waals surface area contributed by atoms with Crippen LogP contribution in [0.2, 0.25) is 5.02 Å². The molecule has 0 atom stereocenters. The lowest BCUT2D eigenvalue weighted by molar-refractivity contribution is 0.509. The molecule has 3 aromatic rings. The van der Waals surface area contributed by atoms with E-state index in [4.69, 9.17) is 11.6 Å². The van der Waals surface area contributed by atoms with Crippen LogP contribution >= 0.6 is 35.1 Å². The zero-order chi connectivity index (χ0) is 18.1. The molecule has 0 aliphatic heterocycles. The van der Waals surface area contributed by atoms with Gasteiger partial charge in [0.2, 0.25) is 0 Å². The summed E-state index contributed by atoms with van der Waals surface area (Å²) in [6.45, 7) is 0. The van der Waals surface area contributed by atoms with Crippen molar-refractivity contribution in [2.24, 2.45) is 0 Å². The first-order valence-corrected chi connectivity index (χ1v) is 11.0. The highest BCUT2D eigenvalue weighted by Gasteiger charge is 2.23. The van der Waals surface area contributed by atoms with Crippen LogP contribution in [0.5, 0.6) is 0 Å². The van der Waals surface area contributed by atoms with Crippen molar-refractivity contribution in [1.29, 1.82) is 0 Å². The van der Waals surface area contributed by atoms with Gasteiger partial charge in [-0.25, -0.2) is 9.97 Å². The third kappa shape index (κ3) is 3.50. The van der Waals surface area contributed by atoms with E-state index in [0.29, 0.717) is 15.1 Å². The number of thioether (sulfide) groups is 1. The fourth-order valence-corrected chi connectivity index (χ4v) is 4.74. The molecule has 4 rings (SSSR count). The molecule has 2 aromatic heterocycles. The molecular formula is C19H18ClN3OS2. The second kappa shape index (κ2) is 7.62. The van der Waals surface area contributed by atoms with Crippen molar-refractivity contribution in [1.82, 2.24) is 14.5 Å². The Labute approximate surface area is 165 Å². The van der Waals surface area contributed by atoms with Crippen LogP contribution in [0, 0.1) is 0 Å². The number of benzene rings is 1. The highest BCUT2D eigenvalue weighted by Crippen LogP contribution is 2.33. The summed E-state index contributed by atoms with van der Waals surface area (Å²) < 4.78 is 1.90. The van der Waals surface area contributed by atoms with E-state index in [1.165, 1.54) is 23.5 Å². The van der Waals surface area contributed by atoms with Crippen molar-refractivity contribution in [2.75, 3.05) is 6.26 Å². The first kappa shape index (κ1) is 17.9. The fraction of sp³-hybridized carbons (Fsp3) is 0.316. The molecule has 0 amide bonds. The SMILES string of the molecule is CSc1ncc2cc(Sc3ccc(Cl)cc3)c(=O)n(C3CCCC3)c2n1. The molecule has 2 heterocycles. The van der Waals surface area contributed by atoms with E-state index in [2.05, 4.69) is 9.97 Å². The minimum Gasteiger partial charge on any atom is -0.288 e. The van der Waals surface area contributed by atoms with Gasteiger partial charge in [-0.05, 0) is 49.4 Å². The zero-order valence-electron chi connectivity index (χ0n) is 14.3. The number of pyridine rings is 1. The van der Waals surface area contributed by atoms with E-state index in [0.717, 1.165) is 41.6 Å². The second-order valence-electron chi connectivity index (χ2n) is 6.31. The van der Waals surface area contributed by atoms with Crippen LogP contribution in [0.4, 0.5) is 0 Å². The van der Waals surface area contributed by atoms with E-state index in [1.807, 2.05) is 47.4 Å². The second-order valence-corrected chi connectivity index (χ2v) is 8.64. The summed E-state index contributed by atoms with van der Waals surface area (Å²) in [5, 5.41) is 2.29. The van der Waals surface area contributed by atoms with Crippen molar-refractivity contribution < 1.29 is 0 Å². The van der Waals surface area contributed by atoms with E-state index in [1.54, 1.807) is 0 Å². The fourth-order valence-electron chi connectivity index (χ4n) is 3.38. The Kier molecular flexibility index (Phi) is 5.25. The van der Waals surface area contributed by atoms with E-state index in [9.17, 15) is 4.79 Å². The van der Waals surface area contributed by atoms with Gasteiger partial charge in [-0.2, -0.15) is 0 Å². The summed E-state index contributed by atoms with van der Waals surface area (Å²) in [7, 11) is 0. The largest absolute Gasteiger partial charge is 0.288 e. The molecule has 1 fully saturated rings. The van der Waals surface area contributed by atoms with Gasteiger partial charge < -0.3 is 0 Å². The normalized spacial score (nSPS) is 15.0. The molecule has 0 N–H and O–H groups in total. The number of halogens is 1. The molecule has 1 aliphatic rings. The van der Waals surface area contributed by atoms with Crippen LogP contribution in [0.15, 0.2) is 56.3 Å². The molecule has 1 saturated carbocycles. The maximum absolute atomic E-state index is 13.3. The highest BCUT2D eigenvalue weighted by atomic mass is 35.5. The smallest absolute Gasteiger partial charge is 0.266 e. The molecule has 7 heteroatoms. The van der Waals surface area contributed by atoms with Crippen LogP contribution in [0.1, 0.15) is 31.7 Å². The van der Waals surface area contributed by atoms with Crippen LogP contribution in [0.25, 0.3) is 11.0 Å². The number of hydrogen-bond acceptors (Lipinski definition) is 5. The lowest BCUT2D eigenvalue weighted by Crippen LogP contribution is -2.26. The van der Waals surface area contributed by atoms with Gasteiger partial charge in [0.25, 0.3) is 5.56 Å². The van der Waals surface area contributed by atoms with Gasteiger partial charge in [0.1, 0.15) is 5.65 Å². The predicted octanol–water partition coefficient (Wildman–Crippen LogP) is 5.43. The molecule has 0 spiro atoms. The van der Waals surface area contributed by atoms with Crippen LogP contribution in [-0.4, -0.2) is 20.8 Å². The minimum absolute atomic E-state index is 0.0371. The van der Waals surface area contributed by atoms with Gasteiger partial charge in [0.15, 0.2) is 5.16 Å². The maximum atomic E-state index is 13.3. The third-order valence-corrected chi connectivity index (χ3v) is 6.47. The zero-order valence-corrected chi connectivity index (χ0v) is 16.7. The van der Waals surface area contributed by atoms with Crippen molar-refractivity contribution in [3.63, 3.8) is 0 Å². The number of hydrogen-bond donors (Lipinski definition) is 0. The molecular weight excluding hydrogens is 386 g/mol. The third-order valence-electron chi connectivity index (χ3n) is 4.63. The van der Waals surface area contributed by atoms with Crippen molar-refractivity contribution in [3.05, 3.63) is 51.9 Å². The monoisotopic (exact) mass is 403 g/mol. The quantitative estimate of drug-likeness (QED) is 0.429. The Morgan fingerprint density at radius 2 is 1.92 bits per heavy atom. The first-order chi connectivity index (χ1) is 12.7. The summed E-state index contributed by atoms with van der Waals surface area (Å²) in [6.07, 6.45) is 8.15. The summed E-state index contributed by atoms with van der Waals surface area (Å²) in [6, 6.07) is 9.68. The summed E-state index contributed by atoms with van der Waals surface area (Å²) in [5.74, 6) is 0. The van der Waals surface area contributed by atoms with Gasteiger partial charge in [0.05, 0.1) is 4.90 Å². The lowest BCUT2D eigenvalue weighted by atomic mass is 10.2. The van der Waals surface area contributed by atoms with Gasteiger partial charge in [0, 0.05) is 27.5 Å². The standard InChI is InChI=1S/C19H18ClN3OS2/c1-25-19-21-11-12-10-16(26-15-8-6-13(20)7-9-15)18(24)23(17(12)22-19)14-4-2-3-5-14/h6-11,14H,2-5H2,1H3. The molecule has 0 saturated heterocycles. The first-order valence-electron chi connectivity index (χ1n) is 8.55. The number of fused-ring (bicyclic) bond motifs is 1. The Balaban J connectivity index is 1.87. The van der Waals surface area contributed by atoms with Crippen molar-refractivity contribution in [2.45, 2.75) is 46.7 Å². The lowest BCUT2D eigenvalue weighted by Gasteiger charge is -2.17. The number of nitrogens with zero attached hydrogens (tertiary/aromatic N) is 3. The van der Waals surface area contributed by atoms with Crippen molar-refractivity contribution >= 4 is 46.2 Å². The minimum atomic E-state index is 0.0371. The molecule has 134 valence electrons. The Morgan fingerprint density at radius 3 is 2.62 bits per heavy atom.